The number of phenols is 1. The van der Waals surface area contributed by atoms with Gasteiger partial charge in [0.15, 0.2) is 29.1 Å². The van der Waals surface area contributed by atoms with E-state index in [-0.39, 0.29) is 23.9 Å². The van der Waals surface area contributed by atoms with Crippen molar-refractivity contribution >= 4 is 0 Å². The van der Waals surface area contributed by atoms with Crippen molar-refractivity contribution in [1.29, 1.82) is 0 Å². The van der Waals surface area contributed by atoms with Crippen molar-refractivity contribution in [1.82, 2.24) is 0 Å². The van der Waals surface area contributed by atoms with Gasteiger partial charge in [-0.05, 0) is 35.4 Å². The van der Waals surface area contributed by atoms with Gasteiger partial charge in [0.05, 0.1) is 34.5 Å². The van der Waals surface area contributed by atoms with Crippen molar-refractivity contribution in [2.24, 2.45) is 0 Å². The van der Waals surface area contributed by atoms with Crippen LogP contribution in [0.2, 0.25) is 0 Å². The minimum absolute atomic E-state index is 0.116. The molecule has 0 saturated carbocycles. The molecule has 0 aromatic heterocycles. The molecule has 0 amide bonds. The summed E-state index contributed by atoms with van der Waals surface area (Å²) >= 11 is 0. The van der Waals surface area contributed by atoms with Gasteiger partial charge < -0.3 is 39.4 Å². The van der Waals surface area contributed by atoms with E-state index >= 15 is 0 Å². The Morgan fingerprint density at radius 2 is 1.44 bits per heavy atom. The Hall–Kier alpha value is -2.68. The molecule has 0 spiro atoms. The van der Waals surface area contributed by atoms with E-state index in [1.54, 1.807) is 18.2 Å². The lowest BCUT2D eigenvalue weighted by molar-refractivity contribution is -0.000636. The highest BCUT2D eigenvalue weighted by molar-refractivity contribution is 5.53. The second-order valence-electron chi connectivity index (χ2n) is 5.70. The molecule has 0 fully saturated rings. The highest BCUT2D eigenvalue weighted by Gasteiger charge is 2.26. The van der Waals surface area contributed by atoms with Gasteiger partial charge in [0.25, 0.3) is 0 Å². The van der Waals surface area contributed by atoms with Gasteiger partial charge in [-0.2, -0.15) is 0 Å². The Morgan fingerprint density at radius 1 is 0.852 bits per heavy atom. The number of hydrogen-bond donors (Lipinski definition) is 4. The van der Waals surface area contributed by atoms with E-state index in [0.717, 1.165) is 0 Å². The summed E-state index contributed by atoms with van der Waals surface area (Å²) in [6.07, 6.45) is -2.28. The third kappa shape index (κ3) is 4.54. The maximum atomic E-state index is 10.7. The highest BCUT2D eigenvalue weighted by Crippen LogP contribution is 2.40. The van der Waals surface area contributed by atoms with Gasteiger partial charge >= 0.3 is 0 Å². The van der Waals surface area contributed by atoms with E-state index in [1.165, 1.54) is 33.5 Å². The highest BCUT2D eigenvalue weighted by atomic mass is 16.5. The predicted octanol–water partition coefficient (Wildman–Crippen LogP) is 1.38. The number of rotatable bonds is 9. The number of methoxy groups -OCH3 is 3. The van der Waals surface area contributed by atoms with Gasteiger partial charge in [0, 0.05) is 0 Å². The summed E-state index contributed by atoms with van der Waals surface area (Å²) in [6, 6.07) is 7.69. The van der Waals surface area contributed by atoms with Gasteiger partial charge in [0.1, 0.15) is 6.10 Å². The molecule has 0 aliphatic carbocycles. The Kier molecular flexibility index (Phi) is 7.12. The molecule has 2 aromatic rings. The molecule has 0 bridgehead atoms. The zero-order chi connectivity index (χ0) is 20.0. The van der Waals surface area contributed by atoms with Crippen LogP contribution in [0.25, 0.3) is 0 Å². The molecule has 27 heavy (non-hydrogen) atoms. The van der Waals surface area contributed by atoms with Crippen LogP contribution >= 0.6 is 0 Å². The minimum Gasteiger partial charge on any atom is -0.502 e. The fourth-order valence-corrected chi connectivity index (χ4v) is 2.57. The fourth-order valence-electron chi connectivity index (χ4n) is 2.57. The van der Waals surface area contributed by atoms with Gasteiger partial charge in [0.2, 0.25) is 5.75 Å². The molecule has 0 unspecified atom stereocenters. The van der Waals surface area contributed by atoms with Crippen molar-refractivity contribution in [3.05, 3.63) is 41.5 Å². The summed E-state index contributed by atoms with van der Waals surface area (Å²) in [6.45, 7) is -0.645. The van der Waals surface area contributed by atoms with Crippen molar-refractivity contribution in [3.8, 4) is 28.7 Å². The van der Waals surface area contributed by atoms with Crippen molar-refractivity contribution < 1.29 is 39.4 Å². The maximum Gasteiger partial charge on any atom is 0.200 e. The van der Waals surface area contributed by atoms with E-state index in [4.69, 9.17) is 18.9 Å². The lowest BCUT2D eigenvalue weighted by Crippen LogP contribution is -2.29. The second kappa shape index (κ2) is 9.31. The standard InChI is InChI=1S/C19H24O8/c1-24-14-6-11(9-20)4-5-13(14)27-17(10-21)18(22)12-7-15(25-2)19(23)16(8-12)26-3/h4-8,17-18,20-23H,9-10H2,1-3H3/t17-,18+/m0/s1. The number of aliphatic hydroxyl groups excluding tert-OH is 3. The number of aliphatic hydroxyl groups is 3. The fraction of sp³-hybridized carbons (Fsp3) is 0.368. The van der Waals surface area contributed by atoms with Crippen LogP contribution in [-0.2, 0) is 6.61 Å². The summed E-state index contributed by atoms with van der Waals surface area (Å²) in [4.78, 5) is 0. The number of ether oxygens (including phenoxy) is 4. The van der Waals surface area contributed by atoms with Crippen LogP contribution in [0.15, 0.2) is 30.3 Å². The van der Waals surface area contributed by atoms with Gasteiger partial charge in [-0.3, -0.25) is 0 Å². The normalized spacial score (nSPS) is 13.0. The van der Waals surface area contributed by atoms with Crippen molar-refractivity contribution in [2.45, 2.75) is 18.8 Å². The summed E-state index contributed by atoms with van der Waals surface area (Å²) < 4.78 is 21.1. The molecule has 4 N–H and O–H groups in total. The van der Waals surface area contributed by atoms with Gasteiger partial charge in [-0.25, -0.2) is 0 Å². The minimum atomic E-state index is -1.25. The zero-order valence-electron chi connectivity index (χ0n) is 15.4. The molecule has 2 rings (SSSR count). The smallest absolute Gasteiger partial charge is 0.200 e. The van der Waals surface area contributed by atoms with Crippen LogP contribution in [0, 0.1) is 0 Å². The lowest BCUT2D eigenvalue weighted by Gasteiger charge is -2.24. The maximum absolute atomic E-state index is 10.7. The van der Waals surface area contributed by atoms with E-state index in [2.05, 4.69) is 0 Å². The van der Waals surface area contributed by atoms with E-state index in [0.29, 0.717) is 22.6 Å². The van der Waals surface area contributed by atoms with E-state index in [9.17, 15) is 20.4 Å². The monoisotopic (exact) mass is 380 g/mol. The van der Waals surface area contributed by atoms with Crippen LogP contribution < -0.4 is 18.9 Å². The van der Waals surface area contributed by atoms with E-state index in [1.807, 2.05) is 0 Å². The quantitative estimate of drug-likeness (QED) is 0.515. The predicted molar refractivity (Wildman–Crippen MR) is 96.6 cm³/mol. The molecule has 0 aliphatic rings. The first-order chi connectivity index (χ1) is 13.0. The molecular formula is C19H24O8. The molecule has 0 aliphatic heterocycles. The average Bonchev–Trinajstić information content (AvgIpc) is 2.71. The van der Waals surface area contributed by atoms with Crippen LogP contribution in [0.4, 0.5) is 0 Å². The average molecular weight is 380 g/mol. The van der Waals surface area contributed by atoms with Gasteiger partial charge in [-0.15, -0.1) is 0 Å². The second-order valence-corrected chi connectivity index (χ2v) is 5.70. The number of phenolic OH excluding ortho intramolecular Hbond substituents is 1. The van der Waals surface area contributed by atoms with E-state index < -0.39 is 18.8 Å². The third-order valence-electron chi connectivity index (χ3n) is 4.06. The molecular weight excluding hydrogens is 356 g/mol. The number of benzene rings is 2. The molecule has 0 heterocycles. The molecule has 2 atom stereocenters. The van der Waals surface area contributed by atoms with Crippen LogP contribution in [0.5, 0.6) is 28.7 Å². The number of aromatic hydroxyl groups is 1. The summed E-state index contributed by atoms with van der Waals surface area (Å²) in [5.74, 6) is 0.687. The number of hydrogen-bond acceptors (Lipinski definition) is 8. The first-order valence-electron chi connectivity index (χ1n) is 8.17. The lowest BCUT2D eigenvalue weighted by atomic mass is 10.0. The largest absolute Gasteiger partial charge is 0.502 e. The van der Waals surface area contributed by atoms with Crippen molar-refractivity contribution in [3.63, 3.8) is 0 Å². The molecule has 8 heteroatoms. The Labute approximate surface area is 157 Å². The molecule has 148 valence electrons. The third-order valence-corrected chi connectivity index (χ3v) is 4.06. The summed E-state index contributed by atoms with van der Waals surface area (Å²) in [7, 11) is 4.19. The summed E-state index contributed by atoms with van der Waals surface area (Å²) in [5.41, 5.74) is 0.958. The molecule has 0 saturated heterocycles. The van der Waals surface area contributed by atoms with Crippen LogP contribution in [-0.4, -0.2) is 54.5 Å². The first-order valence-corrected chi connectivity index (χ1v) is 8.17. The zero-order valence-corrected chi connectivity index (χ0v) is 15.4. The first kappa shape index (κ1) is 20.6. The Balaban J connectivity index is 2.32. The Morgan fingerprint density at radius 3 is 1.93 bits per heavy atom. The topological polar surface area (TPSA) is 118 Å². The van der Waals surface area contributed by atoms with Crippen LogP contribution in [0.1, 0.15) is 17.2 Å². The van der Waals surface area contributed by atoms with Gasteiger partial charge in [-0.1, -0.05) is 6.07 Å². The molecule has 0 radical (unpaired) electrons. The molecule has 8 nitrogen and oxygen atoms in total. The van der Waals surface area contributed by atoms with Crippen LogP contribution in [0.3, 0.4) is 0 Å². The SMILES string of the molecule is COc1cc(CO)ccc1O[C@@H](CO)[C@H](O)c1cc(OC)c(O)c(OC)c1. The van der Waals surface area contributed by atoms with Crippen molar-refractivity contribution in [2.75, 3.05) is 27.9 Å². The molecule has 2 aromatic carbocycles. The summed E-state index contributed by atoms with van der Waals surface area (Å²) in [5, 5.41) is 39.6. The Bertz CT molecular complexity index is 736.